The molecule has 0 spiro atoms. The van der Waals surface area contributed by atoms with Crippen LogP contribution in [0.1, 0.15) is 22.9 Å². The fourth-order valence-corrected chi connectivity index (χ4v) is 3.49. The van der Waals surface area contributed by atoms with Gasteiger partial charge in [-0.1, -0.05) is 90.5 Å². The van der Waals surface area contributed by atoms with Crippen LogP contribution in [-0.4, -0.2) is 26.6 Å². The lowest BCUT2D eigenvalue weighted by Crippen LogP contribution is -2.21. The second-order valence-electron chi connectivity index (χ2n) is 7.04. The van der Waals surface area contributed by atoms with Crippen molar-refractivity contribution in [3.8, 4) is 11.3 Å². The molecule has 30 heavy (non-hydrogen) atoms. The Morgan fingerprint density at radius 2 is 1.53 bits per heavy atom. The number of aliphatic hydroxyl groups excluding tert-OH is 1. The van der Waals surface area contributed by atoms with Crippen molar-refractivity contribution >= 4 is 11.6 Å². The van der Waals surface area contributed by atoms with Gasteiger partial charge in [0.25, 0.3) is 0 Å². The quantitative estimate of drug-likeness (QED) is 0.443. The van der Waals surface area contributed by atoms with Gasteiger partial charge < -0.3 is 10.4 Å². The highest BCUT2D eigenvalue weighted by Crippen LogP contribution is 2.22. The molecule has 0 unspecified atom stereocenters. The zero-order valence-corrected chi connectivity index (χ0v) is 17.2. The molecular weight excluding hydrogens is 396 g/mol. The Hall–Kier alpha value is -2.99. The van der Waals surface area contributed by atoms with Gasteiger partial charge in [-0.15, -0.1) is 0 Å². The minimum Gasteiger partial charge on any atom is -0.387 e. The molecule has 0 amide bonds. The van der Waals surface area contributed by atoms with Crippen LogP contribution in [0.4, 0.5) is 0 Å². The van der Waals surface area contributed by atoms with E-state index in [1.54, 1.807) is 4.80 Å². The molecule has 2 N–H and O–H groups in total. The number of aromatic nitrogens is 3. The van der Waals surface area contributed by atoms with E-state index in [0.29, 0.717) is 24.7 Å². The van der Waals surface area contributed by atoms with E-state index in [2.05, 4.69) is 5.32 Å². The van der Waals surface area contributed by atoms with Crippen LogP contribution in [0.3, 0.4) is 0 Å². The first-order chi connectivity index (χ1) is 14.7. The second-order valence-corrected chi connectivity index (χ2v) is 7.45. The average Bonchev–Trinajstić information content (AvgIpc) is 3.19. The van der Waals surface area contributed by atoms with Crippen LogP contribution in [0, 0.1) is 0 Å². The van der Waals surface area contributed by atoms with Gasteiger partial charge in [0.1, 0.15) is 11.4 Å². The van der Waals surface area contributed by atoms with Crippen molar-refractivity contribution in [3.63, 3.8) is 0 Å². The summed E-state index contributed by atoms with van der Waals surface area (Å²) in [5.74, 6) is 0. The molecule has 4 rings (SSSR count). The Labute approximate surface area is 181 Å². The van der Waals surface area contributed by atoms with Gasteiger partial charge in [0.15, 0.2) is 0 Å². The van der Waals surface area contributed by atoms with Crippen molar-refractivity contribution in [1.29, 1.82) is 0 Å². The van der Waals surface area contributed by atoms with Crippen LogP contribution in [-0.2, 0) is 13.1 Å². The molecule has 4 aromatic rings. The van der Waals surface area contributed by atoms with Gasteiger partial charge in [0.2, 0.25) is 0 Å². The zero-order chi connectivity index (χ0) is 20.8. The topological polar surface area (TPSA) is 63.0 Å². The highest BCUT2D eigenvalue weighted by molar-refractivity contribution is 6.31. The molecule has 1 heterocycles. The van der Waals surface area contributed by atoms with E-state index in [-0.39, 0.29) is 0 Å². The van der Waals surface area contributed by atoms with E-state index in [1.165, 1.54) is 0 Å². The fraction of sp³-hybridized carbons (Fsp3) is 0.167. The monoisotopic (exact) mass is 418 g/mol. The van der Waals surface area contributed by atoms with Crippen LogP contribution in [0.15, 0.2) is 84.9 Å². The number of halogens is 1. The van der Waals surface area contributed by atoms with E-state index in [0.717, 1.165) is 28.1 Å². The van der Waals surface area contributed by atoms with E-state index < -0.39 is 6.10 Å². The first-order valence-electron chi connectivity index (χ1n) is 9.87. The second kappa shape index (κ2) is 9.67. The maximum absolute atomic E-state index is 10.4. The summed E-state index contributed by atoms with van der Waals surface area (Å²) < 4.78 is 0. The van der Waals surface area contributed by atoms with Crippen molar-refractivity contribution in [3.05, 3.63) is 107 Å². The zero-order valence-electron chi connectivity index (χ0n) is 16.4. The Morgan fingerprint density at radius 3 is 2.27 bits per heavy atom. The summed E-state index contributed by atoms with van der Waals surface area (Å²) in [6.07, 6.45) is -0.579. The van der Waals surface area contributed by atoms with E-state index in [9.17, 15) is 5.11 Å². The molecule has 0 aliphatic heterocycles. The first kappa shape index (κ1) is 20.3. The molecule has 0 saturated heterocycles. The lowest BCUT2D eigenvalue weighted by molar-refractivity contribution is 0.174. The van der Waals surface area contributed by atoms with E-state index in [1.807, 2.05) is 84.9 Å². The summed E-state index contributed by atoms with van der Waals surface area (Å²) in [6.45, 7) is 1.42. The van der Waals surface area contributed by atoms with Gasteiger partial charge in [0, 0.05) is 23.7 Å². The summed E-state index contributed by atoms with van der Waals surface area (Å²) in [5.41, 5.74) is 4.50. The third-order valence-electron chi connectivity index (χ3n) is 4.86. The van der Waals surface area contributed by atoms with Crippen molar-refractivity contribution in [1.82, 2.24) is 20.3 Å². The van der Waals surface area contributed by atoms with Crippen LogP contribution in [0.2, 0.25) is 5.02 Å². The minimum absolute atomic E-state index is 0.426. The molecule has 0 bridgehead atoms. The maximum atomic E-state index is 10.4. The number of aliphatic hydroxyl groups is 1. The summed E-state index contributed by atoms with van der Waals surface area (Å²) in [4.78, 5) is 1.67. The third-order valence-corrected chi connectivity index (χ3v) is 5.22. The van der Waals surface area contributed by atoms with E-state index in [4.69, 9.17) is 21.8 Å². The Kier molecular flexibility index (Phi) is 6.54. The van der Waals surface area contributed by atoms with Gasteiger partial charge in [-0.2, -0.15) is 15.0 Å². The average molecular weight is 419 g/mol. The van der Waals surface area contributed by atoms with Crippen molar-refractivity contribution in [2.45, 2.75) is 19.2 Å². The van der Waals surface area contributed by atoms with Crippen LogP contribution in [0.5, 0.6) is 0 Å². The van der Waals surface area contributed by atoms with Gasteiger partial charge in [-0.3, -0.25) is 0 Å². The van der Waals surface area contributed by atoms with Crippen LogP contribution in [0.25, 0.3) is 11.3 Å². The highest BCUT2D eigenvalue weighted by atomic mass is 35.5. The fourth-order valence-electron chi connectivity index (χ4n) is 3.29. The molecule has 0 radical (unpaired) electrons. The number of nitrogens with zero attached hydrogens (tertiary/aromatic N) is 3. The number of hydrogen-bond acceptors (Lipinski definition) is 4. The SMILES string of the molecule is O[C@@H](CNCc1nn(Cc2ccccc2Cl)nc1-c1ccccc1)c1ccccc1. The highest BCUT2D eigenvalue weighted by Gasteiger charge is 2.15. The number of rotatable bonds is 8. The smallest absolute Gasteiger partial charge is 0.117 e. The summed E-state index contributed by atoms with van der Waals surface area (Å²) in [5, 5.41) is 23.8. The van der Waals surface area contributed by atoms with Crippen molar-refractivity contribution in [2.24, 2.45) is 0 Å². The standard InChI is InChI=1S/C24H23ClN4O/c25-21-14-8-7-13-20(21)17-29-27-22(24(28-29)19-11-5-2-6-12-19)15-26-16-23(30)18-9-3-1-4-10-18/h1-14,23,26,30H,15-17H2/t23-/m0/s1. The molecule has 0 saturated carbocycles. The summed E-state index contributed by atoms with van der Waals surface area (Å²) in [6, 6.07) is 27.3. The summed E-state index contributed by atoms with van der Waals surface area (Å²) >= 11 is 6.31. The molecule has 0 fully saturated rings. The lowest BCUT2D eigenvalue weighted by atomic mass is 10.1. The maximum Gasteiger partial charge on any atom is 0.117 e. The van der Waals surface area contributed by atoms with E-state index >= 15 is 0 Å². The van der Waals surface area contributed by atoms with Gasteiger partial charge in [-0.05, 0) is 17.2 Å². The molecule has 1 aromatic heterocycles. The van der Waals surface area contributed by atoms with Gasteiger partial charge >= 0.3 is 0 Å². The molecular formula is C24H23ClN4O. The summed E-state index contributed by atoms with van der Waals surface area (Å²) in [7, 11) is 0. The normalized spacial score (nSPS) is 12.1. The molecule has 152 valence electrons. The van der Waals surface area contributed by atoms with Crippen LogP contribution < -0.4 is 5.32 Å². The molecule has 6 heteroatoms. The lowest BCUT2D eigenvalue weighted by Gasteiger charge is -2.11. The largest absolute Gasteiger partial charge is 0.387 e. The molecule has 0 aliphatic rings. The Balaban J connectivity index is 1.52. The molecule has 1 atom stereocenters. The number of nitrogens with one attached hydrogen (secondary N) is 1. The molecule has 5 nitrogen and oxygen atoms in total. The number of benzene rings is 3. The minimum atomic E-state index is -0.579. The predicted octanol–water partition coefficient (Wildman–Crippen LogP) is 4.47. The Morgan fingerprint density at radius 1 is 0.867 bits per heavy atom. The Bertz CT molecular complexity index is 1080. The first-order valence-corrected chi connectivity index (χ1v) is 10.2. The van der Waals surface area contributed by atoms with Crippen LogP contribution >= 0.6 is 11.6 Å². The third kappa shape index (κ3) is 4.94. The van der Waals surface area contributed by atoms with Gasteiger partial charge in [-0.25, -0.2) is 0 Å². The molecule has 0 aliphatic carbocycles. The molecule has 3 aromatic carbocycles. The predicted molar refractivity (Wildman–Crippen MR) is 119 cm³/mol. The van der Waals surface area contributed by atoms with Gasteiger partial charge in [0.05, 0.1) is 12.6 Å². The van der Waals surface area contributed by atoms with Crippen molar-refractivity contribution in [2.75, 3.05) is 6.54 Å². The number of hydrogen-bond donors (Lipinski definition) is 2. The van der Waals surface area contributed by atoms with Crippen molar-refractivity contribution < 1.29 is 5.11 Å².